The van der Waals surface area contributed by atoms with Gasteiger partial charge in [0.15, 0.2) is 23.1 Å². The van der Waals surface area contributed by atoms with E-state index in [1.807, 2.05) is 80.3 Å². The van der Waals surface area contributed by atoms with Crippen molar-refractivity contribution in [3.63, 3.8) is 0 Å². The molecule has 0 saturated carbocycles. The highest BCUT2D eigenvalue weighted by Crippen LogP contribution is 2.58. The van der Waals surface area contributed by atoms with Crippen LogP contribution in [0, 0.1) is 11.3 Å². The second-order valence-corrected chi connectivity index (χ2v) is 12.0. The van der Waals surface area contributed by atoms with Crippen molar-refractivity contribution in [2.24, 2.45) is 11.3 Å². The van der Waals surface area contributed by atoms with Crippen molar-refractivity contribution in [3.05, 3.63) is 83.4 Å². The molecule has 4 aliphatic heterocycles. The van der Waals surface area contributed by atoms with E-state index in [1.54, 1.807) is 25.3 Å². The van der Waals surface area contributed by atoms with E-state index in [2.05, 4.69) is 5.32 Å². The van der Waals surface area contributed by atoms with Crippen molar-refractivity contribution in [3.8, 4) is 17.2 Å². The lowest BCUT2D eigenvalue weighted by molar-refractivity contribution is -0.128. The molecule has 0 bridgehead atoms. The Bertz CT molecular complexity index is 1670. The molecule has 8 heteroatoms. The van der Waals surface area contributed by atoms with Crippen LogP contribution in [0.1, 0.15) is 42.3 Å². The second-order valence-electron chi connectivity index (χ2n) is 12.0. The van der Waals surface area contributed by atoms with Crippen molar-refractivity contribution in [2.45, 2.75) is 38.3 Å². The fraction of sp³-hybridized carbons (Fsp3) is 0.303. The average molecular weight is 551 g/mol. The van der Waals surface area contributed by atoms with E-state index in [4.69, 9.17) is 14.2 Å². The van der Waals surface area contributed by atoms with Crippen LogP contribution in [0.5, 0.6) is 17.2 Å². The van der Waals surface area contributed by atoms with Gasteiger partial charge in [-0.3, -0.25) is 14.4 Å². The van der Waals surface area contributed by atoms with Gasteiger partial charge in [0.2, 0.25) is 12.7 Å². The van der Waals surface area contributed by atoms with Gasteiger partial charge in [0.05, 0.1) is 19.1 Å². The van der Waals surface area contributed by atoms with Crippen molar-refractivity contribution in [1.82, 2.24) is 0 Å². The molecular weight excluding hydrogens is 520 g/mol. The first-order valence-corrected chi connectivity index (χ1v) is 13.7. The Kier molecular flexibility index (Phi) is 5.39. The standard InChI is InChI=1S/C33H30N2O6/c1-32(2,3)30(37)28-27(29(36)19-9-13-24-25(16-19)41-17-40-24)33(21-7-5-6-8-22(21)34-31(33)38)26-14-10-18-15-20(39-4)11-12-23(18)35(26)28/h5-16,26-28H,17H2,1-4H3,(H,34,38)/t26-,27+,28-,33-/m0/s1. The summed E-state index contributed by atoms with van der Waals surface area (Å²) in [5.74, 6) is -0.0376. The monoisotopic (exact) mass is 550 g/mol. The summed E-state index contributed by atoms with van der Waals surface area (Å²) in [5.41, 5.74) is 1.20. The van der Waals surface area contributed by atoms with Gasteiger partial charge >= 0.3 is 0 Å². The number of hydrogen-bond acceptors (Lipinski definition) is 7. The maximum Gasteiger partial charge on any atom is 0.238 e. The van der Waals surface area contributed by atoms with E-state index in [0.29, 0.717) is 34.1 Å². The fourth-order valence-corrected chi connectivity index (χ4v) is 6.96. The predicted molar refractivity (Wildman–Crippen MR) is 154 cm³/mol. The summed E-state index contributed by atoms with van der Waals surface area (Å²) in [6.45, 7) is 5.64. The molecule has 208 valence electrons. The number of carbonyl (C=O) groups excluding carboxylic acids is 3. The van der Waals surface area contributed by atoms with Crippen molar-refractivity contribution in [1.29, 1.82) is 0 Å². The van der Waals surface area contributed by atoms with E-state index >= 15 is 0 Å². The Balaban J connectivity index is 1.51. The zero-order chi connectivity index (χ0) is 28.7. The third kappa shape index (κ3) is 3.43. The maximum atomic E-state index is 14.9. The van der Waals surface area contributed by atoms with Gasteiger partial charge in [-0.1, -0.05) is 51.1 Å². The maximum absolute atomic E-state index is 14.9. The Labute approximate surface area is 237 Å². The molecule has 1 N–H and O–H groups in total. The number of nitrogens with zero attached hydrogens (tertiary/aromatic N) is 1. The van der Waals surface area contributed by atoms with Gasteiger partial charge in [0.1, 0.15) is 17.2 Å². The third-order valence-corrected chi connectivity index (χ3v) is 8.79. The number of nitrogens with one attached hydrogen (secondary N) is 1. The highest BCUT2D eigenvalue weighted by atomic mass is 16.7. The van der Waals surface area contributed by atoms with Crippen LogP contribution in [0.4, 0.5) is 11.4 Å². The smallest absolute Gasteiger partial charge is 0.238 e. The van der Waals surface area contributed by atoms with E-state index in [0.717, 1.165) is 11.3 Å². The summed E-state index contributed by atoms with van der Waals surface area (Å²) in [4.78, 5) is 45.8. The number of carbonyl (C=O) groups is 3. The molecule has 4 aliphatic rings. The molecule has 0 unspecified atom stereocenters. The van der Waals surface area contributed by atoms with E-state index in [9.17, 15) is 14.4 Å². The van der Waals surface area contributed by atoms with Gasteiger partial charge in [0, 0.05) is 27.9 Å². The molecule has 41 heavy (non-hydrogen) atoms. The lowest BCUT2D eigenvalue weighted by atomic mass is 9.63. The van der Waals surface area contributed by atoms with Crippen LogP contribution in [-0.2, 0) is 15.0 Å². The molecule has 0 aromatic heterocycles. The summed E-state index contributed by atoms with van der Waals surface area (Å²) < 4.78 is 16.5. The second kappa shape index (κ2) is 8.70. The molecule has 1 amide bonds. The fourth-order valence-electron chi connectivity index (χ4n) is 6.96. The van der Waals surface area contributed by atoms with Gasteiger partial charge < -0.3 is 24.4 Å². The molecule has 1 saturated heterocycles. The molecule has 3 aromatic rings. The SMILES string of the molecule is COc1ccc2c(c1)C=C[C@@H]1N2[C@H](C(=O)C(C)(C)C)[C@H](C(=O)c2ccc3c(c2)OCO3)[C@@]12C(=O)Nc1ccccc12. The zero-order valence-electron chi connectivity index (χ0n) is 23.3. The predicted octanol–water partition coefficient (Wildman–Crippen LogP) is 5.01. The molecule has 8 nitrogen and oxygen atoms in total. The van der Waals surface area contributed by atoms with Crippen LogP contribution in [0.3, 0.4) is 0 Å². The molecule has 4 atom stereocenters. The number of fused-ring (bicyclic) bond motifs is 7. The minimum atomic E-state index is -1.36. The Morgan fingerprint density at radius 1 is 1.02 bits per heavy atom. The van der Waals surface area contributed by atoms with Crippen LogP contribution < -0.4 is 24.4 Å². The average Bonchev–Trinajstić information content (AvgIpc) is 3.64. The minimum Gasteiger partial charge on any atom is -0.497 e. The molecule has 0 radical (unpaired) electrons. The number of rotatable bonds is 4. The van der Waals surface area contributed by atoms with Crippen LogP contribution in [-0.4, -0.2) is 43.5 Å². The van der Waals surface area contributed by atoms with Gasteiger partial charge in [-0.15, -0.1) is 0 Å². The van der Waals surface area contributed by atoms with Crippen molar-refractivity contribution in [2.75, 3.05) is 24.1 Å². The zero-order valence-corrected chi connectivity index (χ0v) is 23.3. The van der Waals surface area contributed by atoms with Crippen LogP contribution in [0.2, 0.25) is 0 Å². The molecule has 7 rings (SSSR count). The molecule has 1 spiro atoms. The summed E-state index contributed by atoms with van der Waals surface area (Å²) in [6, 6.07) is 16.7. The number of ketones is 2. The van der Waals surface area contributed by atoms with Crippen molar-refractivity contribution < 1.29 is 28.6 Å². The largest absolute Gasteiger partial charge is 0.497 e. The number of benzene rings is 3. The van der Waals surface area contributed by atoms with E-state index < -0.39 is 28.8 Å². The third-order valence-electron chi connectivity index (χ3n) is 8.79. The number of hydrogen-bond donors (Lipinski definition) is 1. The van der Waals surface area contributed by atoms with Crippen LogP contribution in [0.25, 0.3) is 6.08 Å². The first-order chi connectivity index (χ1) is 19.7. The van der Waals surface area contributed by atoms with Crippen LogP contribution >= 0.6 is 0 Å². The van der Waals surface area contributed by atoms with E-state index in [-0.39, 0.29) is 24.3 Å². The number of para-hydroxylation sites is 1. The Morgan fingerprint density at radius 3 is 2.59 bits per heavy atom. The lowest BCUT2D eigenvalue weighted by Crippen LogP contribution is -2.51. The van der Waals surface area contributed by atoms with Gasteiger partial charge in [-0.25, -0.2) is 0 Å². The first kappa shape index (κ1) is 25.4. The summed E-state index contributed by atoms with van der Waals surface area (Å²) in [7, 11) is 1.60. The molecule has 3 aromatic carbocycles. The van der Waals surface area contributed by atoms with Crippen molar-refractivity contribution >= 4 is 34.9 Å². The van der Waals surface area contributed by atoms with E-state index in [1.165, 1.54) is 0 Å². The highest BCUT2D eigenvalue weighted by molar-refractivity contribution is 6.17. The number of ether oxygens (including phenoxy) is 3. The number of anilines is 2. The Morgan fingerprint density at radius 2 is 1.80 bits per heavy atom. The molecule has 0 aliphatic carbocycles. The summed E-state index contributed by atoms with van der Waals surface area (Å²) in [5, 5.41) is 3.05. The highest BCUT2D eigenvalue weighted by Gasteiger charge is 2.70. The first-order valence-electron chi connectivity index (χ1n) is 13.7. The summed E-state index contributed by atoms with van der Waals surface area (Å²) >= 11 is 0. The number of amides is 1. The lowest BCUT2D eigenvalue weighted by Gasteiger charge is -2.38. The van der Waals surface area contributed by atoms with Gasteiger partial charge in [0.25, 0.3) is 0 Å². The minimum absolute atomic E-state index is 0.0716. The molecular formula is C33H30N2O6. The number of methoxy groups -OCH3 is 1. The topological polar surface area (TPSA) is 94.2 Å². The quantitative estimate of drug-likeness (QED) is 0.457. The summed E-state index contributed by atoms with van der Waals surface area (Å²) in [6.07, 6.45) is 3.92. The number of Topliss-reactive ketones (excluding diaryl/α,β-unsaturated/α-hetero) is 2. The van der Waals surface area contributed by atoms with Crippen LogP contribution in [0.15, 0.2) is 66.7 Å². The molecule has 1 fully saturated rings. The Hall–Kier alpha value is -4.59. The molecule has 4 heterocycles. The van der Waals surface area contributed by atoms with Gasteiger partial charge in [-0.2, -0.15) is 0 Å². The normalized spacial score (nSPS) is 25.0. The van der Waals surface area contributed by atoms with Gasteiger partial charge in [-0.05, 0) is 48.0 Å².